The number of amides is 1. The van der Waals surface area contributed by atoms with Gasteiger partial charge in [-0.3, -0.25) is 9.59 Å². The van der Waals surface area contributed by atoms with Gasteiger partial charge in [0.25, 0.3) is 5.91 Å². The fourth-order valence-electron chi connectivity index (χ4n) is 2.79. The van der Waals surface area contributed by atoms with Crippen LogP contribution >= 0.6 is 0 Å². The van der Waals surface area contributed by atoms with Crippen molar-refractivity contribution in [2.24, 2.45) is 0 Å². The minimum absolute atomic E-state index is 0.0233. The van der Waals surface area contributed by atoms with Gasteiger partial charge in [-0.2, -0.15) is 0 Å². The quantitative estimate of drug-likeness (QED) is 0.713. The smallest absolute Gasteiger partial charge is 0.310 e. The third-order valence-corrected chi connectivity index (χ3v) is 4.22. The zero-order valence-electron chi connectivity index (χ0n) is 16.4. The van der Waals surface area contributed by atoms with Crippen molar-refractivity contribution < 1.29 is 33.3 Å². The van der Waals surface area contributed by atoms with Crippen LogP contribution in [0.2, 0.25) is 0 Å². The molecule has 1 aliphatic rings. The van der Waals surface area contributed by atoms with Gasteiger partial charge < -0.3 is 29.0 Å². The molecule has 2 aromatic rings. The summed E-state index contributed by atoms with van der Waals surface area (Å²) in [5.41, 5.74) is 1.17. The Labute approximate surface area is 168 Å². The van der Waals surface area contributed by atoms with Gasteiger partial charge in [0.15, 0.2) is 18.1 Å². The number of esters is 1. The molecule has 8 nitrogen and oxygen atoms in total. The molecule has 0 saturated heterocycles. The molecule has 1 N–H and O–H groups in total. The Balaban J connectivity index is 1.52. The number of carbonyl (C=O) groups is 2. The van der Waals surface area contributed by atoms with Gasteiger partial charge in [0, 0.05) is 29.8 Å². The Morgan fingerprint density at radius 2 is 1.79 bits per heavy atom. The van der Waals surface area contributed by atoms with E-state index in [0.717, 1.165) is 6.42 Å². The lowest BCUT2D eigenvalue weighted by molar-refractivity contribution is -0.146. The van der Waals surface area contributed by atoms with Gasteiger partial charge in [-0.25, -0.2) is 0 Å². The van der Waals surface area contributed by atoms with Crippen LogP contribution in [0.3, 0.4) is 0 Å². The highest BCUT2D eigenvalue weighted by Gasteiger charge is 2.15. The lowest BCUT2D eigenvalue weighted by Gasteiger charge is -2.11. The largest absolute Gasteiger partial charge is 0.497 e. The molecule has 0 saturated carbocycles. The summed E-state index contributed by atoms with van der Waals surface area (Å²) in [7, 11) is 3.05. The van der Waals surface area contributed by atoms with Gasteiger partial charge in [0.1, 0.15) is 11.5 Å². The summed E-state index contributed by atoms with van der Waals surface area (Å²) in [6, 6.07) is 10.2. The molecule has 8 heteroatoms. The van der Waals surface area contributed by atoms with Crippen molar-refractivity contribution in [2.75, 3.05) is 39.4 Å². The average molecular weight is 401 g/mol. The van der Waals surface area contributed by atoms with E-state index in [4.69, 9.17) is 23.7 Å². The molecule has 0 unspecified atom stereocenters. The van der Waals surface area contributed by atoms with Crippen molar-refractivity contribution in [3.63, 3.8) is 0 Å². The molecule has 0 aliphatic carbocycles. The molecule has 1 heterocycles. The minimum Gasteiger partial charge on any atom is -0.497 e. The third-order valence-electron chi connectivity index (χ3n) is 4.22. The molecule has 0 radical (unpaired) electrons. The van der Waals surface area contributed by atoms with Gasteiger partial charge in [-0.15, -0.1) is 0 Å². The molecular weight excluding hydrogens is 378 g/mol. The van der Waals surface area contributed by atoms with Gasteiger partial charge in [-0.1, -0.05) is 6.07 Å². The van der Waals surface area contributed by atoms with Crippen molar-refractivity contribution in [3.8, 4) is 23.0 Å². The lowest BCUT2D eigenvalue weighted by atomic mass is 10.1. The molecule has 0 atom stereocenters. The van der Waals surface area contributed by atoms with E-state index < -0.39 is 18.5 Å². The molecule has 1 aliphatic heterocycles. The average Bonchev–Trinajstić information content (AvgIpc) is 2.97. The molecule has 3 rings (SSSR count). The molecule has 29 heavy (non-hydrogen) atoms. The molecule has 0 bridgehead atoms. The molecular formula is C21H23NO7. The standard InChI is InChI=1S/C21H23NO7/c1-25-16-6-4-14(18(12-16)26-2)10-21(24)29-13-20(23)22-15-5-7-17-19(11-15)28-9-3-8-27-17/h4-7,11-12H,3,8-10,13H2,1-2H3,(H,22,23). The zero-order valence-corrected chi connectivity index (χ0v) is 16.4. The number of anilines is 1. The maximum atomic E-state index is 12.1. The van der Waals surface area contributed by atoms with E-state index in [1.807, 2.05) is 0 Å². The summed E-state index contributed by atoms with van der Waals surface area (Å²) >= 11 is 0. The highest BCUT2D eigenvalue weighted by atomic mass is 16.5. The fraction of sp³-hybridized carbons (Fsp3) is 0.333. The van der Waals surface area contributed by atoms with E-state index in [1.165, 1.54) is 7.11 Å². The predicted octanol–water partition coefficient (Wildman–Crippen LogP) is 2.59. The molecule has 0 spiro atoms. The Hall–Kier alpha value is -3.42. The summed E-state index contributed by atoms with van der Waals surface area (Å²) in [6.45, 7) is 0.746. The number of benzene rings is 2. The number of ether oxygens (including phenoxy) is 5. The first-order valence-electron chi connectivity index (χ1n) is 9.15. The number of nitrogens with one attached hydrogen (secondary N) is 1. The SMILES string of the molecule is COc1ccc(CC(=O)OCC(=O)Nc2ccc3c(c2)OCCCO3)c(OC)c1. The highest BCUT2D eigenvalue weighted by Crippen LogP contribution is 2.32. The highest BCUT2D eigenvalue weighted by molar-refractivity contribution is 5.93. The first-order chi connectivity index (χ1) is 14.1. The van der Waals surface area contributed by atoms with Crippen LogP contribution in [-0.4, -0.2) is 45.9 Å². The van der Waals surface area contributed by atoms with Crippen molar-refractivity contribution in [1.82, 2.24) is 0 Å². The maximum absolute atomic E-state index is 12.1. The first-order valence-corrected chi connectivity index (χ1v) is 9.15. The topological polar surface area (TPSA) is 92.3 Å². The fourth-order valence-corrected chi connectivity index (χ4v) is 2.79. The van der Waals surface area contributed by atoms with Crippen LogP contribution in [0.15, 0.2) is 36.4 Å². The molecule has 1 amide bonds. The summed E-state index contributed by atoms with van der Waals surface area (Å²) in [6.07, 6.45) is 0.774. The van der Waals surface area contributed by atoms with E-state index in [1.54, 1.807) is 43.5 Å². The first kappa shape index (κ1) is 20.3. The molecule has 154 valence electrons. The van der Waals surface area contributed by atoms with E-state index in [9.17, 15) is 9.59 Å². The van der Waals surface area contributed by atoms with Crippen LogP contribution in [0.5, 0.6) is 23.0 Å². The Morgan fingerprint density at radius 1 is 1.00 bits per heavy atom. The number of methoxy groups -OCH3 is 2. The number of rotatable bonds is 7. The predicted molar refractivity (Wildman–Crippen MR) is 105 cm³/mol. The van der Waals surface area contributed by atoms with Gasteiger partial charge >= 0.3 is 5.97 Å². The summed E-state index contributed by atoms with van der Waals surface area (Å²) in [5.74, 6) is 1.35. The van der Waals surface area contributed by atoms with Crippen LogP contribution in [0.1, 0.15) is 12.0 Å². The van der Waals surface area contributed by atoms with Crippen molar-refractivity contribution in [1.29, 1.82) is 0 Å². The second-order valence-corrected chi connectivity index (χ2v) is 6.28. The van der Waals surface area contributed by atoms with Crippen LogP contribution in [0.4, 0.5) is 5.69 Å². The summed E-state index contributed by atoms with van der Waals surface area (Å²) < 4.78 is 26.6. The van der Waals surface area contributed by atoms with E-state index in [0.29, 0.717) is 47.5 Å². The number of carbonyl (C=O) groups excluding carboxylic acids is 2. The summed E-state index contributed by atoms with van der Waals surface area (Å²) in [5, 5.41) is 2.68. The van der Waals surface area contributed by atoms with Crippen molar-refractivity contribution in [3.05, 3.63) is 42.0 Å². The van der Waals surface area contributed by atoms with Crippen LogP contribution in [0, 0.1) is 0 Å². The van der Waals surface area contributed by atoms with Crippen LogP contribution in [0.25, 0.3) is 0 Å². The second kappa shape index (κ2) is 9.68. The van der Waals surface area contributed by atoms with Gasteiger partial charge in [0.2, 0.25) is 0 Å². The van der Waals surface area contributed by atoms with E-state index in [2.05, 4.69) is 5.32 Å². The Bertz CT molecular complexity index is 881. The Morgan fingerprint density at radius 3 is 2.55 bits per heavy atom. The Kier molecular flexibility index (Phi) is 6.78. The molecule has 2 aromatic carbocycles. The maximum Gasteiger partial charge on any atom is 0.310 e. The van der Waals surface area contributed by atoms with E-state index >= 15 is 0 Å². The monoisotopic (exact) mass is 401 g/mol. The second-order valence-electron chi connectivity index (χ2n) is 6.28. The minimum atomic E-state index is -0.540. The number of hydrogen-bond donors (Lipinski definition) is 1. The third kappa shape index (κ3) is 5.54. The van der Waals surface area contributed by atoms with Gasteiger partial charge in [0.05, 0.1) is 33.9 Å². The number of fused-ring (bicyclic) bond motifs is 1. The van der Waals surface area contributed by atoms with E-state index in [-0.39, 0.29) is 6.42 Å². The molecule has 0 aromatic heterocycles. The number of hydrogen-bond acceptors (Lipinski definition) is 7. The van der Waals surface area contributed by atoms with Crippen LogP contribution < -0.4 is 24.3 Å². The normalized spacial score (nSPS) is 12.5. The zero-order chi connectivity index (χ0) is 20.6. The summed E-state index contributed by atoms with van der Waals surface area (Å²) in [4.78, 5) is 24.2. The van der Waals surface area contributed by atoms with Crippen molar-refractivity contribution >= 4 is 17.6 Å². The van der Waals surface area contributed by atoms with Gasteiger partial charge in [-0.05, 0) is 18.2 Å². The van der Waals surface area contributed by atoms with Crippen LogP contribution in [-0.2, 0) is 20.7 Å². The lowest BCUT2D eigenvalue weighted by Crippen LogP contribution is -2.21. The van der Waals surface area contributed by atoms with Crippen molar-refractivity contribution in [2.45, 2.75) is 12.8 Å². The molecule has 0 fully saturated rings.